The Bertz CT molecular complexity index is 515. The third-order valence-electron chi connectivity index (χ3n) is 2.86. The summed E-state index contributed by atoms with van der Waals surface area (Å²) in [4.78, 5) is 11.8. The Hall–Kier alpha value is -2.28. The van der Waals surface area contributed by atoms with Crippen molar-refractivity contribution < 1.29 is 9.90 Å². The predicted molar refractivity (Wildman–Crippen MR) is 78.8 cm³/mol. The number of carbonyl (C=O) groups is 1. The van der Waals surface area contributed by atoms with E-state index < -0.39 is 0 Å². The Kier molecular flexibility index (Phi) is 6.91. The van der Waals surface area contributed by atoms with Crippen LogP contribution in [0.4, 0.5) is 0 Å². The molecule has 0 saturated heterocycles. The number of nitriles is 1. The molecule has 0 aromatic heterocycles. The summed E-state index contributed by atoms with van der Waals surface area (Å²) in [5.41, 5.74) is 0.675. The number of aromatic hydroxyl groups is 1. The highest BCUT2D eigenvalue weighted by Gasteiger charge is 2.08. The monoisotopic (exact) mass is 272 g/mol. The van der Waals surface area contributed by atoms with Crippen molar-refractivity contribution in [2.24, 2.45) is 0 Å². The molecule has 0 aliphatic heterocycles. The molecule has 4 heteroatoms. The van der Waals surface area contributed by atoms with E-state index in [9.17, 15) is 9.90 Å². The quantitative estimate of drug-likeness (QED) is 0.455. The lowest BCUT2D eigenvalue weighted by Crippen LogP contribution is -2.25. The molecule has 0 radical (unpaired) electrons. The van der Waals surface area contributed by atoms with Gasteiger partial charge in [0.15, 0.2) is 0 Å². The lowest BCUT2D eigenvalue weighted by Gasteiger charge is -2.04. The fourth-order valence-corrected chi connectivity index (χ4v) is 1.78. The summed E-state index contributed by atoms with van der Waals surface area (Å²) in [7, 11) is 0. The highest BCUT2D eigenvalue weighted by molar-refractivity contribution is 6.01. The molecule has 106 valence electrons. The van der Waals surface area contributed by atoms with Crippen LogP contribution >= 0.6 is 0 Å². The number of carbonyl (C=O) groups excluding carboxylic acids is 1. The third-order valence-corrected chi connectivity index (χ3v) is 2.86. The van der Waals surface area contributed by atoms with E-state index in [4.69, 9.17) is 5.26 Å². The van der Waals surface area contributed by atoms with Gasteiger partial charge in [0, 0.05) is 6.54 Å². The molecular formula is C16H20N2O2. The van der Waals surface area contributed by atoms with E-state index in [1.165, 1.54) is 18.2 Å². The standard InChI is InChI=1S/C16H20N2O2/c1-2-3-4-5-9-18-16(20)14(12-17)10-13-7-6-8-15(19)11-13/h6-8,10-11,19H,2-5,9H2,1H3,(H,18,20)/b14-10+. The summed E-state index contributed by atoms with van der Waals surface area (Å²) in [5.74, 6) is -0.261. The van der Waals surface area contributed by atoms with Crippen LogP contribution < -0.4 is 5.32 Å². The number of phenolic OH excluding ortho intramolecular Hbond substituents is 1. The van der Waals surface area contributed by atoms with Gasteiger partial charge in [-0.05, 0) is 30.2 Å². The molecule has 1 rings (SSSR count). The number of rotatable bonds is 7. The molecule has 0 bridgehead atoms. The van der Waals surface area contributed by atoms with Crippen molar-refractivity contribution in [2.45, 2.75) is 32.6 Å². The van der Waals surface area contributed by atoms with E-state index in [0.29, 0.717) is 12.1 Å². The van der Waals surface area contributed by atoms with Gasteiger partial charge in [0.05, 0.1) is 0 Å². The van der Waals surface area contributed by atoms with Gasteiger partial charge in [-0.15, -0.1) is 0 Å². The van der Waals surface area contributed by atoms with Crippen molar-refractivity contribution in [1.82, 2.24) is 5.32 Å². The second-order valence-electron chi connectivity index (χ2n) is 4.58. The van der Waals surface area contributed by atoms with Gasteiger partial charge in [-0.2, -0.15) is 5.26 Å². The fourth-order valence-electron chi connectivity index (χ4n) is 1.78. The van der Waals surface area contributed by atoms with Crippen LogP contribution in [-0.4, -0.2) is 17.6 Å². The van der Waals surface area contributed by atoms with Gasteiger partial charge in [0.25, 0.3) is 5.91 Å². The van der Waals surface area contributed by atoms with Gasteiger partial charge >= 0.3 is 0 Å². The maximum Gasteiger partial charge on any atom is 0.261 e. The molecular weight excluding hydrogens is 252 g/mol. The highest BCUT2D eigenvalue weighted by Crippen LogP contribution is 2.14. The van der Waals surface area contributed by atoms with E-state index in [1.54, 1.807) is 12.1 Å². The molecule has 4 nitrogen and oxygen atoms in total. The Labute approximate surface area is 119 Å². The van der Waals surface area contributed by atoms with Gasteiger partial charge in [-0.25, -0.2) is 0 Å². The first kappa shape index (κ1) is 15.8. The molecule has 0 heterocycles. The first-order valence-electron chi connectivity index (χ1n) is 6.86. The third kappa shape index (κ3) is 5.57. The second kappa shape index (κ2) is 8.76. The van der Waals surface area contributed by atoms with Crippen LogP contribution in [0.3, 0.4) is 0 Å². The lowest BCUT2D eigenvalue weighted by atomic mass is 10.1. The Morgan fingerprint density at radius 3 is 2.85 bits per heavy atom. The highest BCUT2D eigenvalue weighted by atomic mass is 16.3. The summed E-state index contributed by atoms with van der Waals surface area (Å²) in [6, 6.07) is 8.33. The fraction of sp³-hybridized carbons (Fsp3) is 0.375. The normalized spacial score (nSPS) is 10.9. The van der Waals surface area contributed by atoms with Crippen molar-refractivity contribution in [3.05, 3.63) is 35.4 Å². The number of hydrogen-bond donors (Lipinski definition) is 2. The molecule has 0 spiro atoms. The summed E-state index contributed by atoms with van der Waals surface area (Å²) in [5, 5.41) is 21.1. The maximum atomic E-state index is 11.8. The number of nitrogens with one attached hydrogen (secondary N) is 1. The van der Waals surface area contributed by atoms with Crippen LogP contribution in [0.1, 0.15) is 38.2 Å². The van der Waals surface area contributed by atoms with E-state index in [-0.39, 0.29) is 17.2 Å². The van der Waals surface area contributed by atoms with Crippen molar-refractivity contribution in [2.75, 3.05) is 6.54 Å². The number of hydrogen-bond acceptors (Lipinski definition) is 3. The number of unbranched alkanes of at least 4 members (excludes halogenated alkanes) is 3. The van der Waals surface area contributed by atoms with E-state index in [1.807, 2.05) is 6.07 Å². The van der Waals surface area contributed by atoms with Crippen LogP contribution in [0.2, 0.25) is 0 Å². The Morgan fingerprint density at radius 1 is 1.40 bits per heavy atom. The molecule has 1 aromatic carbocycles. The van der Waals surface area contributed by atoms with Crippen LogP contribution in [-0.2, 0) is 4.79 Å². The van der Waals surface area contributed by atoms with Gasteiger partial charge in [-0.1, -0.05) is 38.3 Å². The zero-order valence-corrected chi connectivity index (χ0v) is 11.7. The first-order valence-corrected chi connectivity index (χ1v) is 6.86. The van der Waals surface area contributed by atoms with Crippen LogP contribution in [0.5, 0.6) is 5.75 Å². The smallest absolute Gasteiger partial charge is 0.261 e. The van der Waals surface area contributed by atoms with Crippen molar-refractivity contribution in [3.63, 3.8) is 0 Å². The van der Waals surface area contributed by atoms with Gasteiger partial charge in [0.1, 0.15) is 17.4 Å². The molecule has 0 saturated carbocycles. The number of nitrogens with zero attached hydrogens (tertiary/aromatic N) is 1. The SMILES string of the molecule is CCCCCCNC(=O)/C(C#N)=C/c1cccc(O)c1. The number of benzene rings is 1. The first-order chi connectivity index (χ1) is 9.67. The molecule has 0 atom stereocenters. The number of amides is 1. The molecule has 0 aliphatic carbocycles. The predicted octanol–water partition coefficient (Wildman–Crippen LogP) is 3.00. The van der Waals surface area contributed by atoms with Crippen LogP contribution in [0.25, 0.3) is 6.08 Å². The van der Waals surface area contributed by atoms with Crippen molar-refractivity contribution in [1.29, 1.82) is 5.26 Å². The minimum atomic E-state index is -0.368. The summed E-state index contributed by atoms with van der Waals surface area (Å²) in [6.45, 7) is 2.71. The van der Waals surface area contributed by atoms with Crippen molar-refractivity contribution in [3.8, 4) is 11.8 Å². The molecule has 0 aliphatic rings. The summed E-state index contributed by atoms with van der Waals surface area (Å²) >= 11 is 0. The Balaban J connectivity index is 2.57. The molecule has 1 amide bonds. The molecule has 0 unspecified atom stereocenters. The minimum absolute atomic E-state index is 0.0473. The van der Waals surface area contributed by atoms with Crippen LogP contribution in [0.15, 0.2) is 29.8 Å². The van der Waals surface area contributed by atoms with E-state index >= 15 is 0 Å². The Morgan fingerprint density at radius 2 is 2.20 bits per heavy atom. The maximum absolute atomic E-state index is 11.8. The average Bonchev–Trinajstić information content (AvgIpc) is 2.44. The summed E-state index contributed by atoms with van der Waals surface area (Å²) < 4.78 is 0. The zero-order chi connectivity index (χ0) is 14.8. The largest absolute Gasteiger partial charge is 0.508 e. The number of phenols is 1. The topological polar surface area (TPSA) is 73.1 Å². The zero-order valence-electron chi connectivity index (χ0n) is 11.7. The molecule has 20 heavy (non-hydrogen) atoms. The van der Waals surface area contributed by atoms with Gasteiger partial charge in [-0.3, -0.25) is 4.79 Å². The van der Waals surface area contributed by atoms with Gasteiger partial charge < -0.3 is 10.4 Å². The van der Waals surface area contributed by atoms with Crippen LogP contribution in [0, 0.1) is 11.3 Å². The van der Waals surface area contributed by atoms with Gasteiger partial charge in [0.2, 0.25) is 0 Å². The average molecular weight is 272 g/mol. The van der Waals surface area contributed by atoms with Crippen molar-refractivity contribution >= 4 is 12.0 Å². The minimum Gasteiger partial charge on any atom is -0.508 e. The second-order valence-corrected chi connectivity index (χ2v) is 4.58. The molecule has 0 fully saturated rings. The summed E-state index contributed by atoms with van der Waals surface area (Å²) in [6.07, 6.45) is 5.77. The van der Waals surface area contributed by atoms with E-state index in [0.717, 1.165) is 25.7 Å². The lowest BCUT2D eigenvalue weighted by molar-refractivity contribution is -0.117. The molecule has 1 aromatic rings. The van der Waals surface area contributed by atoms with E-state index in [2.05, 4.69) is 12.2 Å². The molecule has 2 N–H and O–H groups in total.